The molecule has 1 heterocycles. The van der Waals surface area contributed by atoms with Crippen molar-refractivity contribution in [3.8, 4) is 0 Å². The lowest BCUT2D eigenvalue weighted by molar-refractivity contribution is -0.169. The average molecular weight is 654 g/mol. The summed E-state index contributed by atoms with van der Waals surface area (Å²) in [6.07, 6.45) is 12.3. The largest absolute Gasteiger partial charge is 0.480 e. The molecule has 2 aromatic rings. The molecule has 5 aliphatic carbocycles. The number of aliphatic carboxylic acids is 1. The highest BCUT2D eigenvalue weighted by Crippen LogP contribution is 2.75. The highest BCUT2D eigenvalue weighted by molar-refractivity contribution is 5.88. The van der Waals surface area contributed by atoms with Crippen LogP contribution in [0.5, 0.6) is 0 Å². The lowest BCUT2D eigenvalue weighted by Gasteiger charge is -2.70. The predicted molar refractivity (Wildman–Crippen MR) is 191 cm³/mol. The molecule has 0 bridgehead atoms. The number of hydrogen-bond donors (Lipinski definition) is 2. The maximum Gasteiger partial charge on any atom is 0.326 e. The Morgan fingerprint density at radius 1 is 0.938 bits per heavy atom. The maximum absolute atomic E-state index is 14.5. The van der Waals surface area contributed by atoms with Crippen LogP contribution < -0.4 is 5.32 Å². The van der Waals surface area contributed by atoms with E-state index >= 15 is 0 Å². The molecule has 3 saturated carbocycles. The average Bonchev–Trinajstić information content (AvgIpc) is 3.02. The molecule has 9 atom stereocenters. The van der Waals surface area contributed by atoms with Gasteiger partial charge in [0.1, 0.15) is 6.04 Å². The van der Waals surface area contributed by atoms with E-state index in [0.717, 1.165) is 56.0 Å². The van der Waals surface area contributed by atoms with Gasteiger partial charge in [-0.15, -0.1) is 0 Å². The molecule has 0 aliphatic heterocycles. The van der Waals surface area contributed by atoms with Crippen molar-refractivity contribution in [2.75, 3.05) is 0 Å². The molecule has 6 nitrogen and oxygen atoms in total. The quantitative estimate of drug-likeness (QED) is 0.314. The van der Waals surface area contributed by atoms with Crippen molar-refractivity contribution in [3.63, 3.8) is 0 Å². The van der Waals surface area contributed by atoms with Crippen molar-refractivity contribution < 1.29 is 14.7 Å². The maximum atomic E-state index is 14.5. The molecule has 48 heavy (non-hydrogen) atoms. The molecule has 0 unspecified atom stereocenters. The normalized spacial score (nSPS) is 38.9. The second-order valence-corrected chi connectivity index (χ2v) is 19.0. The minimum atomic E-state index is -0.922. The van der Waals surface area contributed by atoms with E-state index in [9.17, 15) is 14.7 Å². The van der Waals surface area contributed by atoms with Crippen LogP contribution in [0.3, 0.4) is 0 Å². The molecule has 260 valence electrons. The van der Waals surface area contributed by atoms with E-state index in [-0.39, 0.29) is 44.8 Å². The van der Waals surface area contributed by atoms with E-state index in [1.807, 2.05) is 13.8 Å². The Hall–Kier alpha value is -2.76. The molecule has 6 heteroatoms. The van der Waals surface area contributed by atoms with Gasteiger partial charge in [0.15, 0.2) is 0 Å². The van der Waals surface area contributed by atoms with Crippen LogP contribution in [0.2, 0.25) is 0 Å². The third-order valence-corrected chi connectivity index (χ3v) is 15.8. The van der Waals surface area contributed by atoms with Gasteiger partial charge in [-0.25, -0.2) is 14.8 Å². The van der Waals surface area contributed by atoms with Crippen molar-refractivity contribution in [1.82, 2.24) is 15.3 Å². The Morgan fingerprint density at radius 2 is 1.60 bits per heavy atom. The van der Waals surface area contributed by atoms with Crippen molar-refractivity contribution in [2.45, 2.75) is 138 Å². The van der Waals surface area contributed by atoms with E-state index in [1.165, 1.54) is 29.8 Å². The fourth-order valence-electron chi connectivity index (χ4n) is 12.6. The van der Waals surface area contributed by atoms with Gasteiger partial charge in [0.25, 0.3) is 0 Å². The number of hydrogen-bond acceptors (Lipinski definition) is 4. The number of allylic oxidation sites excluding steroid dienone is 2. The smallest absolute Gasteiger partial charge is 0.326 e. The minimum Gasteiger partial charge on any atom is -0.480 e. The number of aromatic nitrogens is 2. The summed E-state index contributed by atoms with van der Waals surface area (Å²) in [5.41, 5.74) is 5.54. The second-order valence-electron chi connectivity index (χ2n) is 19.0. The highest BCUT2D eigenvalue weighted by Gasteiger charge is 2.69. The number of nitrogens with one attached hydrogen (secondary N) is 1. The molecule has 5 aliphatic rings. The van der Waals surface area contributed by atoms with Crippen LogP contribution in [0.1, 0.15) is 131 Å². The van der Waals surface area contributed by atoms with E-state index < -0.39 is 17.4 Å². The van der Waals surface area contributed by atoms with Crippen molar-refractivity contribution >= 4 is 22.9 Å². The number of carboxylic acid groups (broad SMARTS) is 1. The molecule has 0 spiro atoms. The Bertz CT molecular complexity index is 1690. The van der Waals surface area contributed by atoms with E-state index in [2.05, 4.69) is 84.1 Å². The molecule has 1 aromatic carbocycles. The molecule has 1 amide bonds. The first kappa shape index (κ1) is 33.7. The zero-order valence-electron chi connectivity index (χ0n) is 31.0. The van der Waals surface area contributed by atoms with Gasteiger partial charge >= 0.3 is 5.97 Å². The van der Waals surface area contributed by atoms with Gasteiger partial charge in [-0.3, -0.25) is 4.79 Å². The molecule has 1 aromatic heterocycles. The first-order valence-electron chi connectivity index (χ1n) is 18.9. The number of carboxylic acids is 1. The first-order chi connectivity index (χ1) is 22.4. The number of carbonyl (C=O) groups is 2. The third kappa shape index (κ3) is 4.55. The number of rotatable bonds is 5. The highest BCUT2D eigenvalue weighted by atomic mass is 16.4. The summed E-state index contributed by atoms with van der Waals surface area (Å²) in [6, 6.07) is 7.48. The van der Waals surface area contributed by atoms with Crippen molar-refractivity contribution in [1.29, 1.82) is 0 Å². The molecule has 0 radical (unpaired) electrons. The molecule has 2 N–H and O–H groups in total. The van der Waals surface area contributed by atoms with Gasteiger partial charge in [-0.05, 0) is 115 Å². The van der Waals surface area contributed by atoms with Crippen molar-refractivity contribution in [3.05, 3.63) is 47.3 Å². The zero-order chi connectivity index (χ0) is 34.7. The molecule has 3 fully saturated rings. The number of carbonyl (C=O) groups excluding carboxylic acids is 1. The second kappa shape index (κ2) is 10.9. The summed E-state index contributed by atoms with van der Waals surface area (Å²) in [7, 11) is 0. The van der Waals surface area contributed by atoms with E-state index in [4.69, 9.17) is 9.97 Å². The number of para-hydroxylation sites is 2. The first-order valence-corrected chi connectivity index (χ1v) is 18.9. The van der Waals surface area contributed by atoms with Gasteiger partial charge in [-0.1, -0.05) is 92.5 Å². The summed E-state index contributed by atoms with van der Waals surface area (Å²) in [4.78, 5) is 37.5. The lowest BCUT2D eigenvalue weighted by atomic mass is 9.33. The number of amides is 1. The van der Waals surface area contributed by atoms with Gasteiger partial charge < -0.3 is 10.4 Å². The fourth-order valence-corrected chi connectivity index (χ4v) is 12.6. The monoisotopic (exact) mass is 653 g/mol. The van der Waals surface area contributed by atoms with E-state index in [0.29, 0.717) is 18.3 Å². The van der Waals surface area contributed by atoms with Crippen LogP contribution in [-0.4, -0.2) is 33.0 Å². The molecular formula is C42H59N3O3. The summed E-state index contributed by atoms with van der Waals surface area (Å²) in [5, 5.41) is 13.2. The van der Waals surface area contributed by atoms with Crippen LogP contribution in [0, 0.1) is 50.7 Å². The Labute approximate surface area is 288 Å². The van der Waals surface area contributed by atoms with Crippen LogP contribution in [-0.2, 0) is 21.4 Å². The van der Waals surface area contributed by atoms with Crippen LogP contribution in [0.25, 0.3) is 11.0 Å². The molecule has 0 saturated heterocycles. The summed E-state index contributed by atoms with van der Waals surface area (Å²) < 4.78 is 0. The fraction of sp³-hybridized carbons (Fsp3) is 0.714. The number of fused-ring (bicyclic) bond motifs is 9. The van der Waals surface area contributed by atoms with Crippen LogP contribution in [0.4, 0.5) is 0 Å². The molecule has 7 rings (SSSR count). The number of nitrogens with zero attached hydrogens (tertiary/aromatic N) is 2. The van der Waals surface area contributed by atoms with Gasteiger partial charge in [-0.2, -0.15) is 0 Å². The topological polar surface area (TPSA) is 92.2 Å². The molecular weight excluding hydrogens is 594 g/mol. The summed E-state index contributed by atoms with van der Waals surface area (Å²) in [5.74, 6) is 0.0909. The Balaban J connectivity index is 1.29. The Kier molecular flexibility index (Phi) is 7.64. The summed E-state index contributed by atoms with van der Waals surface area (Å²) in [6.45, 7) is 21.3. The van der Waals surface area contributed by atoms with Crippen molar-refractivity contribution in [2.24, 2.45) is 50.7 Å². The van der Waals surface area contributed by atoms with Crippen LogP contribution >= 0.6 is 0 Å². The van der Waals surface area contributed by atoms with Gasteiger partial charge in [0.2, 0.25) is 5.91 Å². The van der Waals surface area contributed by atoms with E-state index in [1.54, 1.807) is 0 Å². The summed E-state index contributed by atoms with van der Waals surface area (Å²) >= 11 is 0. The minimum absolute atomic E-state index is 0.0157. The number of benzene rings is 1. The van der Waals surface area contributed by atoms with Gasteiger partial charge in [0.05, 0.1) is 27.8 Å². The van der Waals surface area contributed by atoms with Crippen LogP contribution in [0.15, 0.2) is 35.9 Å². The predicted octanol–water partition coefficient (Wildman–Crippen LogP) is 9.06. The zero-order valence-corrected chi connectivity index (χ0v) is 31.0. The SMILES string of the molecule is CC[C@H](C)[C@H](NC(=O)[C@]12CCC(C)(C)C[C@H]1C1=CC[C@@H]3[C@@]4(C)Cc5nc6ccccc6nc5C(C)(C)[C@@H]4CC[C@@]3(C)[C@]1(C)CC2)C(=O)O. The van der Waals surface area contributed by atoms with Gasteiger partial charge in [0, 0.05) is 5.41 Å². The Morgan fingerprint density at radius 3 is 2.27 bits per heavy atom. The third-order valence-electron chi connectivity index (χ3n) is 15.8. The standard InChI is InChI=1S/C42H59N3O3/c1-10-25(2)33(35(46)47)45-36(48)42-21-19-37(3,4)23-27(42)26-15-16-32-39(7)24-30-34(44-29-14-12-11-13-28(29)43-30)38(5,6)31(39)17-18-41(32,9)40(26,8)20-22-42/h11-15,25,27,31-33H,10,16-24H2,1-9H3,(H,45,48)(H,46,47)/t25-,27-,31-,32+,33-,39-,40+,41+,42-/m0/s1. The lowest BCUT2D eigenvalue weighted by Crippen LogP contribution is -2.65.